The molecule has 2 aliphatic rings. The number of aryl methyl sites for hydroxylation is 3. The zero-order valence-electron chi connectivity index (χ0n) is 21.6. The predicted octanol–water partition coefficient (Wildman–Crippen LogP) is 6.85. The van der Waals surface area contributed by atoms with Crippen molar-refractivity contribution in [1.29, 1.82) is 0 Å². The fraction of sp³-hybridized carbons (Fsp3) is 0.500. The number of esters is 1. The van der Waals surface area contributed by atoms with Gasteiger partial charge in [-0.1, -0.05) is 0 Å². The van der Waals surface area contributed by atoms with Gasteiger partial charge in [0.15, 0.2) is 0 Å². The molecule has 0 atom stereocenters. The van der Waals surface area contributed by atoms with E-state index in [-0.39, 0.29) is 12.0 Å². The third kappa shape index (κ3) is 5.25. The Morgan fingerprint density at radius 2 is 1.67 bits per heavy atom. The molecule has 6 nitrogen and oxygen atoms in total. The average Bonchev–Trinajstić information content (AvgIpc) is 3.50. The first-order chi connectivity index (χ1) is 17.2. The van der Waals surface area contributed by atoms with Crippen LogP contribution in [0.25, 0.3) is 10.4 Å². The Bertz CT molecular complexity index is 1290. The van der Waals surface area contributed by atoms with Gasteiger partial charge in [0.2, 0.25) is 0 Å². The van der Waals surface area contributed by atoms with Gasteiger partial charge in [0.1, 0.15) is 10.6 Å². The summed E-state index contributed by atoms with van der Waals surface area (Å²) in [6, 6.07) is 1.86. The Balaban J connectivity index is 1.37. The van der Waals surface area contributed by atoms with E-state index in [0.717, 1.165) is 44.1 Å². The molecule has 3 aromatic heterocycles. The largest absolute Gasteiger partial charge is 0.456 e. The molecular weight excluding hydrogens is 490 g/mol. The highest BCUT2D eigenvalue weighted by Gasteiger charge is 2.30. The second kappa shape index (κ2) is 10.1. The lowest BCUT2D eigenvalue weighted by molar-refractivity contribution is 0.00699. The Hall–Kier alpha value is -2.58. The number of amides is 2. The first kappa shape index (κ1) is 25.1. The standard InChI is InChI=1S/C28H35N3O3S2/c1-28(2,3)34-26(32)23-19-10-6-8-12-22(19)36-25(23)30-27(33)29-15-20-18-9-5-7-11-21(18)35-24(20)17-13-14-31(4)16-17/h13-14,16H,5-12,15H2,1-4H3,(H2,29,30,33). The first-order valence-corrected chi connectivity index (χ1v) is 14.5. The Morgan fingerprint density at radius 1 is 1.00 bits per heavy atom. The number of ether oxygens (including phenoxy) is 1. The van der Waals surface area contributed by atoms with E-state index < -0.39 is 5.60 Å². The molecule has 0 saturated heterocycles. The van der Waals surface area contributed by atoms with E-state index >= 15 is 0 Å². The minimum absolute atomic E-state index is 0.284. The van der Waals surface area contributed by atoms with Crippen molar-refractivity contribution in [2.45, 2.75) is 84.3 Å². The number of carbonyl (C=O) groups is 2. The number of hydrogen-bond acceptors (Lipinski definition) is 5. The molecule has 3 aromatic rings. The number of nitrogens with zero attached hydrogens (tertiary/aromatic N) is 1. The normalized spacial score (nSPS) is 15.2. The zero-order valence-corrected chi connectivity index (χ0v) is 23.2. The molecule has 0 bridgehead atoms. The van der Waals surface area contributed by atoms with Crippen LogP contribution in [-0.2, 0) is 44.0 Å². The average molecular weight is 526 g/mol. The Labute approximate surface area is 221 Å². The van der Waals surface area contributed by atoms with Crippen LogP contribution < -0.4 is 10.6 Å². The van der Waals surface area contributed by atoms with Gasteiger partial charge in [-0.25, -0.2) is 9.59 Å². The second-order valence-corrected chi connectivity index (χ2v) is 13.0. The summed E-state index contributed by atoms with van der Waals surface area (Å²) >= 11 is 3.39. The topological polar surface area (TPSA) is 72.4 Å². The molecule has 0 aromatic carbocycles. The van der Waals surface area contributed by atoms with E-state index in [4.69, 9.17) is 4.74 Å². The first-order valence-electron chi connectivity index (χ1n) is 12.9. The molecule has 0 aliphatic heterocycles. The maximum Gasteiger partial charge on any atom is 0.341 e. The lowest BCUT2D eigenvalue weighted by Gasteiger charge is -2.21. The number of nitrogens with one attached hydrogen (secondary N) is 2. The highest BCUT2D eigenvalue weighted by molar-refractivity contribution is 7.17. The van der Waals surface area contributed by atoms with Crippen LogP contribution in [0.4, 0.5) is 9.80 Å². The molecule has 36 heavy (non-hydrogen) atoms. The van der Waals surface area contributed by atoms with E-state index in [0.29, 0.717) is 17.1 Å². The van der Waals surface area contributed by atoms with E-state index in [2.05, 4.69) is 33.7 Å². The third-order valence-electron chi connectivity index (χ3n) is 6.80. The van der Waals surface area contributed by atoms with Crippen molar-refractivity contribution in [2.75, 3.05) is 5.32 Å². The fourth-order valence-corrected chi connectivity index (χ4v) is 7.87. The summed E-state index contributed by atoms with van der Waals surface area (Å²) in [4.78, 5) is 30.1. The van der Waals surface area contributed by atoms with Crippen molar-refractivity contribution >= 4 is 39.7 Å². The highest BCUT2D eigenvalue weighted by atomic mass is 32.1. The molecule has 0 fully saturated rings. The third-order valence-corrected chi connectivity index (χ3v) is 9.39. The zero-order chi connectivity index (χ0) is 25.4. The van der Waals surface area contributed by atoms with Crippen molar-refractivity contribution in [3.8, 4) is 10.4 Å². The van der Waals surface area contributed by atoms with E-state index in [1.54, 1.807) is 0 Å². The number of anilines is 1. The Morgan fingerprint density at radius 3 is 2.33 bits per heavy atom. The van der Waals surface area contributed by atoms with Gasteiger partial charge in [-0.15, -0.1) is 22.7 Å². The second-order valence-electron chi connectivity index (χ2n) is 10.8. The Kier molecular flexibility index (Phi) is 7.01. The smallest absolute Gasteiger partial charge is 0.341 e. The van der Waals surface area contributed by atoms with Crippen LogP contribution in [0.5, 0.6) is 0 Å². The van der Waals surface area contributed by atoms with E-state index in [9.17, 15) is 9.59 Å². The van der Waals surface area contributed by atoms with Crippen LogP contribution in [0.2, 0.25) is 0 Å². The lowest BCUT2D eigenvalue weighted by atomic mass is 9.94. The summed E-state index contributed by atoms with van der Waals surface area (Å²) < 4.78 is 7.78. The van der Waals surface area contributed by atoms with Crippen LogP contribution in [0.15, 0.2) is 18.5 Å². The lowest BCUT2D eigenvalue weighted by Crippen LogP contribution is -2.30. The molecule has 192 valence electrons. The van der Waals surface area contributed by atoms with Gasteiger partial charge < -0.3 is 14.6 Å². The number of aromatic nitrogens is 1. The van der Waals surface area contributed by atoms with Gasteiger partial charge in [0.05, 0.1) is 5.56 Å². The molecule has 0 spiro atoms. The molecule has 0 unspecified atom stereocenters. The predicted molar refractivity (Wildman–Crippen MR) is 147 cm³/mol. The summed E-state index contributed by atoms with van der Waals surface area (Å²) in [5.41, 5.74) is 4.84. The summed E-state index contributed by atoms with van der Waals surface area (Å²) in [5, 5.41) is 6.71. The van der Waals surface area contributed by atoms with Crippen molar-refractivity contribution in [3.63, 3.8) is 0 Å². The van der Waals surface area contributed by atoms with Gasteiger partial charge in [-0.2, -0.15) is 0 Å². The van der Waals surface area contributed by atoms with Crippen molar-refractivity contribution < 1.29 is 14.3 Å². The summed E-state index contributed by atoms with van der Waals surface area (Å²) in [6.45, 7) is 6.08. The van der Waals surface area contributed by atoms with E-state index in [1.165, 1.54) is 55.5 Å². The minimum atomic E-state index is -0.591. The molecule has 3 heterocycles. The van der Waals surface area contributed by atoms with Crippen LogP contribution >= 0.6 is 22.7 Å². The van der Waals surface area contributed by atoms with Crippen LogP contribution in [0.1, 0.15) is 83.3 Å². The summed E-state index contributed by atoms with van der Waals surface area (Å²) in [6.07, 6.45) is 12.8. The van der Waals surface area contributed by atoms with Gasteiger partial charge in [0.25, 0.3) is 0 Å². The molecule has 0 saturated carbocycles. The number of fused-ring (bicyclic) bond motifs is 2. The molecular formula is C28H35N3O3S2. The highest BCUT2D eigenvalue weighted by Crippen LogP contribution is 2.41. The van der Waals surface area contributed by atoms with Crippen LogP contribution in [-0.4, -0.2) is 22.2 Å². The van der Waals surface area contributed by atoms with Gasteiger partial charge >= 0.3 is 12.0 Å². The number of hydrogen-bond donors (Lipinski definition) is 2. The summed E-state index contributed by atoms with van der Waals surface area (Å²) in [7, 11) is 2.03. The van der Waals surface area contributed by atoms with Gasteiger partial charge in [0, 0.05) is 46.2 Å². The van der Waals surface area contributed by atoms with Crippen molar-refractivity contribution in [2.24, 2.45) is 7.05 Å². The molecule has 8 heteroatoms. The van der Waals surface area contributed by atoms with Crippen LogP contribution in [0, 0.1) is 0 Å². The quantitative estimate of drug-likeness (QED) is 0.358. The van der Waals surface area contributed by atoms with Gasteiger partial charge in [-0.3, -0.25) is 5.32 Å². The summed E-state index contributed by atoms with van der Waals surface area (Å²) in [5.74, 6) is -0.351. The molecule has 2 aliphatic carbocycles. The van der Waals surface area contributed by atoms with Crippen LogP contribution in [0.3, 0.4) is 0 Å². The number of carbonyl (C=O) groups excluding carboxylic acids is 2. The number of rotatable bonds is 5. The number of thiophene rings is 2. The fourth-order valence-electron chi connectivity index (χ4n) is 5.20. The van der Waals surface area contributed by atoms with Crippen molar-refractivity contribution in [3.05, 3.63) is 50.5 Å². The van der Waals surface area contributed by atoms with Gasteiger partial charge in [-0.05, 0) is 94.9 Å². The van der Waals surface area contributed by atoms with Crippen molar-refractivity contribution in [1.82, 2.24) is 9.88 Å². The maximum atomic E-state index is 13.1. The molecule has 2 N–H and O–H groups in total. The molecule has 5 rings (SSSR count). The molecule has 2 amide bonds. The monoisotopic (exact) mass is 525 g/mol. The molecule has 0 radical (unpaired) electrons. The minimum Gasteiger partial charge on any atom is -0.456 e. The number of urea groups is 1. The maximum absolute atomic E-state index is 13.1. The van der Waals surface area contributed by atoms with E-state index in [1.807, 2.05) is 39.2 Å². The SMILES string of the molecule is Cn1ccc(-c2sc3c(c2CNC(=O)Nc2sc4c(c2C(=O)OC(C)(C)C)CCCC4)CCCC3)c1.